The molecule has 1 amide bonds. The zero-order valence-electron chi connectivity index (χ0n) is 6.68. The second-order valence-corrected chi connectivity index (χ2v) is 2.36. The Morgan fingerprint density at radius 1 is 1.60 bits per heavy atom. The number of rotatable bonds is 3. The summed E-state index contributed by atoms with van der Waals surface area (Å²) in [5.74, 6) is 0.00338. The standard InChI is InChI=1S/C8H14NO/c1-5-6-9(4)8(10)7(2)3/h1-2,5-6H2,3-4H3. The van der Waals surface area contributed by atoms with Crippen LogP contribution in [0.5, 0.6) is 0 Å². The van der Waals surface area contributed by atoms with Gasteiger partial charge in [-0.1, -0.05) is 13.5 Å². The highest BCUT2D eigenvalue weighted by atomic mass is 16.2. The first-order valence-electron chi connectivity index (χ1n) is 3.29. The molecule has 2 heteroatoms. The van der Waals surface area contributed by atoms with E-state index in [1.54, 1.807) is 18.9 Å². The Bertz CT molecular complexity index is 140. The first kappa shape index (κ1) is 9.21. The largest absolute Gasteiger partial charge is 0.342 e. The van der Waals surface area contributed by atoms with Crippen LogP contribution in [0.25, 0.3) is 0 Å². The quantitative estimate of drug-likeness (QED) is 0.540. The summed E-state index contributed by atoms with van der Waals surface area (Å²) >= 11 is 0. The SMILES string of the molecule is [CH2]CCN(C)C(=O)C(=C)C. The summed E-state index contributed by atoms with van der Waals surface area (Å²) in [7, 11) is 1.75. The molecule has 0 unspecified atom stereocenters. The second kappa shape index (κ2) is 4.09. The Morgan fingerprint density at radius 2 is 2.10 bits per heavy atom. The molecule has 0 heterocycles. The van der Waals surface area contributed by atoms with E-state index in [0.717, 1.165) is 6.42 Å². The van der Waals surface area contributed by atoms with E-state index in [9.17, 15) is 4.79 Å². The molecule has 57 valence electrons. The molecule has 10 heavy (non-hydrogen) atoms. The van der Waals surface area contributed by atoms with Gasteiger partial charge in [0.2, 0.25) is 5.91 Å². The van der Waals surface area contributed by atoms with Crippen molar-refractivity contribution in [3.63, 3.8) is 0 Å². The summed E-state index contributed by atoms with van der Waals surface area (Å²) in [6.07, 6.45) is 0.746. The van der Waals surface area contributed by atoms with Crippen molar-refractivity contribution in [2.24, 2.45) is 0 Å². The van der Waals surface area contributed by atoms with Crippen LogP contribution in [0.2, 0.25) is 0 Å². The van der Waals surface area contributed by atoms with E-state index >= 15 is 0 Å². The zero-order chi connectivity index (χ0) is 8.15. The molecule has 0 bridgehead atoms. The van der Waals surface area contributed by atoms with Crippen molar-refractivity contribution in [1.29, 1.82) is 0 Å². The molecular formula is C8H14NO. The van der Waals surface area contributed by atoms with Gasteiger partial charge in [0.15, 0.2) is 0 Å². The molecule has 1 radical (unpaired) electrons. The Morgan fingerprint density at radius 3 is 2.40 bits per heavy atom. The van der Waals surface area contributed by atoms with Gasteiger partial charge in [0.05, 0.1) is 0 Å². The second-order valence-electron chi connectivity index (χ2n) is 2.36. The van der Waals surface area contributed by atoms with Gasteiger partial charge < -0.3 is 4.90 Å². The van der Waals surface area contributed by atoms with E-state index < -0.39 is 0 Å². The number of carbonyl (C=O) groups is 1. The third-order valence-electron chi connectivity index (χ3n) is 1.21. The van der Waals surface area contributed by atoms with E-state index in [0.29, 0.717) is 12.1 Å². The molecule has 0 aromatic heterocycles. The van der Waals surface area contributed by atoms with Crippen LogP contribution in [0.4, 0.5) is 0 Å². The molecule has 0 spiro atoms. The molecule has 0 aliphatic carbocycles. The first-order valence-corrected chi connectivity index (χ1v) is 3.29. The maximum Gasteiger partial charge on any atom is 0.248 e. The predicted molar refractivity (Wildman–Crippen MR) is 42.4 cm³/mol. The first-order chi connectivity index (χ1) is 4.59. The van der Waals surface area contributed by atoms with Crippen molar-refractivity contribution in [3.8, 4) is 0 Å². The van der Waals surface area contributed by atoms with E-state index in [2.05, 4.69) is 13.5 Å². The smallest absolute Gasteiger partial charge is 0.248 e. The normalized spacial score (nSPS) is 9.10. The molecule has 0 rings (SSSR count). The molecule has 0 aliphatic heterocycles. The van der Waals surface area contributed by atoms with Crippen LogP contribution in [0, 0.1) is 6.92 Å². The Kier molecular flexibility index (Phi) is 3.77. The van der Waals surface area contributed by atoms with E-state index in [4.69, 9.17) is 0 Å². The summed E-state index contributed by atoms with van der Waals surface area (Å²) in [6, 6.07) is 0. The van der Waals surface area contributed by atoms with Crippen molar-refractivity contribution >= 4 is 5.91 Å². The van der Waals surface area contributed by atoms with Gasteiger partial charge in [-0.25, -0.2) is 0 Å². The number of amides is 1. The van der Waals surface area contributed by atoms with Gasteiger partial charge in [0.25, 0.3) is 0 Å². The number of carbonyl (C=O) groups excluding carboxylic acids is 1. The fourth-order valence-electron chi connectivity index (χ4n) is 0.665. The lowest BCUT2D eigenvalue weighted by atomic mass is 10.3. The molecule has 0 fully saturated rings. The minimum atomic E-state index is 0.00338. The van der Waals surface area contributed by atoms with Crippen LogP contribution in [0.3, 0.4) is 0 Å². The van der Waals surface area contributed by atoms with Crippen LogP contribution < -0.4 is 0 Å². The molecule has 0 N–H and O–H groups in total. The third-order valence-corrected chi connectivity index (χ3v) is 1.21. The van der Waals surface area contributed by atoms with Gasteiger partial charge in [-0.15, -0.1) is 0 Å². The van der Waals surface area contributed by atoms with Gasteiger partial charge in [-0.05, 0) is 13.3 Å². The lowest BCUT2D eigenvalue weighted by Gasteiger charge is -2.15. The maximum absolute atomic E-state index is 11.0. The van der Waals surface area contributed by atoms with Crippen molar-refractivity contribution in [3.05, 3.63) is 19.1 Å². The Balaban J connectivity index is 3.82. The summed E-state index contributed by atoms with van der Waals surface area (Å²) in [5, 5.41) is 0. The molecular weight excluding hydrogens is 126 g/mol. The van der Waals surface area contributed by atoms with E-state index in [1.807, 2.05) is 0 Å². The van der Waals surface area contributed by atoms with Crippen molar-refractivity contribution in [2.75, 3.05) is 13.6 Å². The number of hydrogen-bond donors (Lipinski definition) is 0. The monoisotopic (exact) mass is 140 g/mol. The van der Waals surface area contributed by atoms with Crippen molar-refractivity contribution in [1.82, 2.24) is 4.90 Å². The molecule has 0 aromatic rings. The lowest BCUT2D eigenvalue weighted by Crippen LogP contribution is -2.27. The Labute approximate surface area is 62.5 Å². The molecule has 2 nitrogen and oxygen atoms in total. The molecule has 0 aliphatic rings. The van der Waals surface area contributed by atoms with Crippen molar-refractivity contribution < 1.29 is 4.79 Å². The average Bonchev–Trinajstić information content (AvgIpc) is 1.87. The Hall–Kier alpha value is -0.790. The van der Waals surface area contributed by atoms with Gasteiger partial charge in [-0.3, -0.25) is 4.79 Å². The van der Waals surface area contributed by atoms with Crippen LogP contribution in [0.1, 0.15) is 13.3 Å². The molecule has 0 aromatic carbocycles. The highest BCUT2D eigenvalue weighted by Gasteiger charge is 2.06. The van der Waals surface area contributed by atoms with Crippen molar-refractivity contribution in [2.45, 2.75) is 13.3 Å². The van der Waals surface area contributed by atoms with E-state index in [-0.39, 0.29) is 5.91 Å². The predicted octanol–water partition coefficient (Wildman–Crippen LogP) is 1.25. The highest BCUT2D eigenvalue weighted by Crippen LogP contribution is 1.95. The summed E-state index contributed by atoms with van der Waals surface area (Å²) in [4.78, 5) is 12.7. The minimum Gasteiger partial charge on any atom is -0.342 e. The summed E-state index contributed by atoms with van der Waals surface area (Å²) < 4.78 is 0. The number of likely N-dealkylation sites (N-methyl/N-ethyl adjacent to an activating group) is 1. The maximum atomic E-state index is 11.0. The summed E-state index contributed by atoms with van der Waals surface area (Å²) in [5.41, 5.74) is 0.580. The van der Waals surface area contributed by atoms with Crippen LogP contribution in [-0.2, 0) is 4.79 Å². The van der Waals surface area contributed by atoms with Gasteiger partial charge in [0, 0.05) is 19.2 Å². The van der Waals surface area contributed by atoms with E-state index in [1.165, 1.54) is 0 Å². The topological polar surface area (TPSA) is 20.3 Å². The zero-order valence-corrected chi connectivity index (χ0v) is 6.68. The fraction of sp³-hybridized carbons (Fsp3) is 0.500. The number of hydrogen-bond acceptors (Lipinski definition) is 1. The highest BCUT2D eigenvalue weighted by molar-refractivity contribution is 5.91. The molecule has 0 saturated carbocycles. The summed E-state index contributed by atoms with van der Waals surface area (Å²) in [6.45, 7) is 9.60. The molecule has 0 saturated heterocycles. The van der Waals surface area contributed by atoms with Gasteiger partial charge in [0.1, 0.15) is 0 Å². The van der Waals surface area contributed by atoms with Crippen LogP contribution in [-0.4, -0.2) is 24.4 Å². The average molecular weight is 140 g/mol. The lowest BCUT2D eigenvalue weighted by molar-refractivity contribution is -0.125. The fourth-order valence-corrected chi connectivity index (χ4v) is 0.665. The number of nitrogens with zero attached hydrogens (tertiary/aromatic N) is 1. The molecule has 0 atom stereocenters. The van der Waals surface area contributed by atoms with Gasteiger partial charge >= 0.3 is 0 Å². The van der Waals surface area contributed by atoms with Crippen LogP contribution >= 0.6 is 0 Å². The van der Waals surface area contributed by atoms with Crippen LogP contribution in [0.15, 0.2) is 12.2 Å². The third kappa shape index (κ3) is 2.67. The van der Waals surface area contributed by atoms with Gasteiger partial charge in [-0.2, -0.15) is 0 Å². The minimum absolute atomic E-state index is 0.00338.